The van der Waals surface area contributed by atoms with Crippen LogP contribution in [0, 0.1) is 0 Å². The third-order valence-corrected chi connectivity index (χ3v) is 4.67. The molecule has 0 heterocycles. The lowest BCUT2D eigenvalue weighted by molar-refractivity contribution is 0.0174. The molecule has 21 heavy (non-hydrogen) atoms. The molecule has 0 fully saturated rings. The van der Waals surface area contributed by atoms with Gasteiger partial charge >= 0.3 is 0 Å². The number of alkyl halides is 2. The topological polar surface area (TPSA) is 52.6 Å². The van der Waals surface area contributed by atoms with Gasteiger partial charge in [0.25, 0.3) is 5.92 Å². The minimum atomic E-state index is -3.47. The molecule has 0 aliphatic carbocycles. The second-order valence-corrected chi connectivity index (χ2v) is 6.80. The number of rotatable bonds is 9. The molecule has 1 rings (SSSR count). The molecular weight excluding hydrogens is 302 g/mol. The summed E-state index contributed by atoms with van der Waals surface area (Å²) in [6.07, 6.45) is 0.345. The second kappa shape index (κ2) is 7.82. The van der Waals surface area contributed by atoms with Crippen molar-refractivity contribution in [2.45, 2.75) is 24.2 Å². The summed E-state index contributed by atoms with van der Waals surface area (Å²) in [7, 11) is -1.92. The van der Waals surface area contributed by atoms with Gasteiger partial charge in [0.2, 0.25) is 0 Å². The SMILES string of the molecule is COCCOCCCS(=O)(=O)c1ccc(C(C)(F)F)cc1. The van der Waals surface area contributed by atoms with Crippen LogP contribution in [-0.4, -0.2) is 41.1 Å². The van der Waals surface area contributed by atoms with Crippen LogP contribution < -0.4 is 0 Å². The van der Waals surface area contributed by atoms with Gasteiger partial charge in [-0.15, -0.1) is 0 Å². The van der Waals surface area contributed by atoms with Crippen molar-refractivity contribution in [3.63, 3.8) is 0 Å². The van der Waals surface area contributed by atoms with Crippen molar-refractivity contribution in [3.8, 4) is 0 Å². The molecule has 4 nitrogen and oxygen atoms in total. The number of benzene rings is 1. The Morgan fingerprint density at radius 1 is 1.10 bits per heavy atom. The Labute approximate surface area is 124 Å². The molecule has 0 spiro atoms. The van der Waals surface area contributed by atoms with Gasteiger partial charge in [0.05, 0.1) is 23.9 Å². The molecule has 0 unspecified atom stereocenters. The predicted octanol–water partition coefficient (Wildman–Crippen LogP) is 2.63. The van der Waals surface area contributed by atoms with Crippen LogP contribution in [0.3, 0.4) is 0 Å². The zero-order chi connectivity index (χ0) is 15.9. The van der Waals surface area contributed by atoms with Crippen LogP contribution in [0.4, 0.5) is 8.78 Å². The molecule has 1 aromatic rings. The van der Waals surface area contributed by atoms with Gasteiger partial charge in [-0.05, 0) is 18.6 Å². The quantitative estimate of drug-likeness (QED) is 0.656. The number of halogens is 2. The first-order valence-electron chi connectivity index (χ1n) is 6.55. The normalized spacial score (nSPS) is 12.6. The van der Waals surface area contributed by atoms with E-state index >= 15 is 0 Å². The molecule has 0 saturated heterocycles. The molecule has 0 radical (unpaired) electrons. The number of hydrogen-bond donors (Lipinski definition) is 0. The van der Waals surface area contributed by atoms with Crippen LogP contribution >= 0.6 is 0 Å². The van der Waals surface area contributed by atoms with Gasteiger partial charge in [0.1, 0.15) is 0 Å². The second-order valence-electron chi connectivity index (χ2n) is 4.69. The molecule has 1 aromatic carbocycles. The van der Waals surface area contributed by atoms with E-state index in [0.717, 1.165) is 19.1 Å². The molecule has 0 aliphatic heterocycles. The molecule has 0 aliphatic rings. The number of hydrogen-bond acceptors (Lipinski definition) is 4. The standard InChI is InChI=1S/C14H20F2O4S/c1-14(15,16)12-4-6-13(7-5-12)21(17,18)11-3-8-20-10-9-19-2/h4-7H,3,8-11H2,1-2H3. The van der Waals surface area contributed by atoms with Crippen LogP contribution in [0.25, 0.3) is 0 Å². The Morgan fingerprint density at radius 2 is 1.71 bits per heavy atom. The Kier molecular flexibility index (Phi) is 6.70. The van der Waals surface area contributed by atoms with E-state index in [9.17, 15) is 17.2 Å². The van der Waals surface area contributed by atoms with Crippen molar-refractivity contribution in [1.82, 2.24) is 0 Å². The van der Waals surface area contributed by atoms with E-state index in [1.807, 2.05) is 0 Å². The van der Waals surface area contributed by atoms with Crippen LogP contribution in [-0.2, 0) is 25.2 Å². The van der Waals surface area contributed by atoms with Crippen molar-refractivity contribution in [1.29, 1.82) is 0 Å². The van der Waals surface area contributed by atoms with Gasteiger partial charge in [-0.2, -0.15) is 0 Å². The lowest BCUT2D eigenvalue weighted by atomic mass is 10.1. The first-order valence-corrected chi connectivity index (χ1v) is 8.20. The molecule has 0 bridgehead atoms. The monoisotopic (exact) mass is 322 g/mol. The Hall–Kier alpha value is -1.05. The summed E-state index contributed by atoms with van der Waals surface area (Å²) in [4.78, 5) is 0.0485. The fourth-order valence-corrected chi connectivity index (χ4v) is 2.95. The van der Waals surface area contributed by atoms with E-state index in [0.29, 0.717) is 26.2 Å². The maximum atomic E-state index is 13.1. The van der Waals surface area contributed by atoms with Crippen molar-refractivity contribution >= 4 is 9.84 Å². The van der Waals surface area contributed by atoms with Gasteiger partial charge in [-0.1, -0.05) is 12.1 Å². The van der Waals surface area contributed by atoms with E-state index in [-0.39, 0.29) is 16.2 Å². The lowest BCUT2D eigenvalue weighted by Gasteiger charge is -2.11. The molecule has 0 amide bonds. The zero-order valence-corrected chi connectivity index (χ0v) is 13.0. The zero-order valence-electron chi connectivity index (χ0n) is 12.1. The Bertz CT molecular complexity index is 521. The highest BCUT2D eigenvalue weighted by molar-refractivity contribution is 7.91. The molecule has 0 N–H and O–H groups in total. The van der Waals surface area contributed by atoms with Crippen LogP contribution in [0.1, 0.15) is 18.9 Å². The summed E-state index contributed by atoms with van der Waals surface area (Å²) in [5.74, 6) is -3.06. The fourth-order valence-electron chi connectivity index (χ4n) is 1.67. The Balaban J connectivity index is 2.54. The van der Waals surface area contributed by atoms with Crippen molar-refractivity contribution in [2.75, 3.05) is 32.7 Å². The average Bonchev–Trinajstić information content (AvgIpc) is 2.42. The lowest BCUT2D eigenvalue weighted by Crippen LogP contribution is -2.12. The smallest absolute Gasteiger partial charge is 0.270 e. The minimum Gasteiger partial charge on any atom is -0.382 e. The predicted molar refractivity (Wildman–Crippen MR) is 75.4 cm³/mol. The van der Waals surface area contributed by atoms with Gasteiger partial charge in [0, 0.05) is 26.2 Å². The third kappa shape index (κ3) is 6.07. The fraction of sp³-hybridized carbons (Fsp3) is 0.571. The van der Waals surface area contributed by atoms with Crippen molar-refractivity contribution < 1.29 is 26.7 Å². The molecule has 120 valence electrons. The van der Waals surface area contributed by atoms with E-state index in [4.69, 9.17) is 9.47 Å². The van der Waals surface area contributed by atoms with E-state index in [2.05, 4.69) is 0 Å². The summed E-state index contributed by atoms with van der Waals surface area (Å²) in [6, 6.07) is 4.71. The summed E-state index contributed by atoms with van der Waals surface area (Å²) < 4.78 is 60.1. The molecular formula is C14H20F2O4S. The maximum Gasteiger partial charge on any atom is 0.270 e. The highest BCUT2D eigenvalue weighted by Crippen LogP contribution is 2.27. The van der Waals surface area contributed by atoms with Crippen LogP contribution in [0.15, 0.2) is 29.2 Å². The van der Waals surface area contributed by atoms with Gasteiger partial charge < -0.3 is 9.47 Å². The average molecular weight is 322 g/mol. The van der Waals surface area contributed by atoms with Gasteiger partial charge in [-0.3, -0.25) is 0 Å². The first kappa shape index (κ1) is 18.0. The highest BCUT2D eigenvalue weighted by Gasteiger charge is 2.24. The van der Waals surface area contributed by atoms with Gasteiger partial charge in [-0.25, -0.2) is 17.2 Å². The summed E-state index contributed by atoms with van der Waals surface area (Å²) in [5, 5.41) is 0. The summed E-state index contributed by atoms with van der Waals surface area (Å²) >= 11 is 0. The molecule has 0 aromatic heterocycles. The van der Waals surface area contributed by atoms with Crippen LogP contribution in [0.5, 0.6) is 0 Å². The summed E-state index contributed by atoms with van der Waals surface area (Å²) in [5.41, 5.74) is -0.204. The van der Waals surface area contributed by atoms with Crippen molar-refractivity contribution in [2.24, 2.45) is 0 Å². The largest absolute Gasteiger partial charge is 0.382 e. The number of ether oxygens (including phenoxy) is 2. The molecule has 0 atom stereocenters. The van der Waals surface area contributed by atoms with E-state index < -0.39 is 15.8 Å². The Morgan fingerprint density at radius 3 is 2.24 bits per heavy atom. The molecule has 7 heteroatoms. The first-order chi connectivity index (χ1) is 9.77. The van der Waals surface area contributed by atoms with Gasteiger partial charge in [0.15, 0.2) is 9.84 Å². The van der Waals surface area contributed by atoms with E-state index in [1.165, 1.54) is 12.1 Å². The minimum absolute atomic E-state index is 0.0485. The maximum absolute atomic E-state index is 13.1. The highest BCUT2D eigenvalue weighted by atomic mass is 32.2. The van der Waals surface area contributed by atoms with Crippen molar-refractivity contribution in [3.05, 3.63) is 29.8 Å². The van der Waals surface area contributed by atoms with Crippen LogP contribution in [0.2, 0.25) is 0 Å². The molecule has 0 saturated carbocycles. The summed E-state index contributed by atoms with van der Waals surface area (Å²) in [6.45, 7) is 1.96. The van der Waals surface area contributed by atoms with E-state index in [1.54, 1.807) is 7.11 Å². The third-order valence-electron chi connectivity index (χ3n) is 2.85. The number of methoxy groups -OCH3 is 1. The number of sulfone groups is 1.